The third-order valence-corrected chi connectivity index (χ3v) is 16.3. The summed E-state index contributed by atoms with van der Waals surface area (Å²) in [6, 6.07) is 4.84. The molecule has 0 aliphatic heterocycles. The van der Waals surface area contributed by atoms with Crippen LogP contribution in [-0.2, 0) is 18.4 Å². The van der Waals surface area contributed by atoms with Crippen LogP contribution in [0.3, 0.4) is 0 Å². The van der Waals surface area contributed by atoms with Crippen molar-refractivity contribution < 1.29 is 22.5 Å². The van der Waals surface area contributed by atoms with E-state index in [1.54, 1.807) is 7.11 Å². The predicted molar refractivity (Wildman–Crippen MR) is 169 cm³/mol. The molecule has 218 valence electrons. The van der Waals surface area contributed by atoms with Gasteiger partial charge in [0.2, 0.25) is 5.70 Å². The molecule has 1 aromatic rings. The number of nitrogens with zero attached hydrogens (tertiary/aromatic N) is 1. The van der Waals surface area contributed by atoms with E-state index in [2.05, 4.69) is 71.4 Å². The van der Waals surface area contributed by atoms with Gasteiger partial charge in [-0.15, -0.1) is 0 Å². The van der Waals surface area contributed by atoms with Gasteiger partial charge in [-0.3, -0.25) is 0 Å². The minimum Gasteiger partial charge on any atom is -0.493 e. The van der Waals surface area contributed by atoms with E-state index < -0.39 is 30.6 Å². The topological polar surface area (TPSA) is 58.4 Å². The number of methoxy groups -OCH3 is 1. The molecule has 0 saturated heterocycles. The average Bonchev–Trinajstić information content (AvgIpc) is 2.98. The van der Waals surface area contributed by atoms with Crippen LogP contribution in [0.25, 0.3) is 10.4 Å². The third kappa shape index (κ3) is 8.89. The van der Waals surface area contributed by atoms with E-state index in [-0.39, 0.29) is 22.8 Å². The van der Waals surface area contributed by atoms with Crippen molar-refractivity contribution >= 4 is 36.6 Å². The van der Waals surface area contributed by atoms with Crippen molar-refractivity contribution in [1.29, 1.82) is 0 Å². The number of ether oxygens (including phenoxy) is 2. The number of Topliss-reactive ketones (excluding diaryl/α,β-unsaturated/α-hetero) is 1. The number of hydrogen-bond donors (Lipinski definition) is 0. The first-order valence-corrected chi connectivity index (χ1v) is 23.3. The number of rotatable bonds is 11. The largest absolute Gasteiger partial charge is 0.493 e. The van der Waals surface area contributed by atoms with Gasteiger partial charge in [0.05, 0.1) is 20.3 Å². The van der Waals surface area contributed by atoms with E-state index in [9.17, 15) is 4.79 Å². The average molecular weight is 590 g/mol. The van der Waals surface area contributed by atoms with E-state index in [0.717, 1.165) is 22.7 Å². The molecular weight excluding hydrogens is 539 g/mol. The fourth-order valence-corrected chi connectivity index (χ4v) is 18.4. The Morgan fingerprint density at radius 2 is 1.56 bits per heavy atom. The first kappa shape index (κ1) is 33.5. The Morgan fingerprint density at radius 1 is 1.03 bits per heavy atom. The third-order valence-electron chi connectivity index (χ3n) is 6.56. The monoisotopic (exact) mass is 589 g/mol. The quantitative estimate of drug-likeness (QED) is 0.147. The Balaban J connectivity index is 2.43. The van der Waals surface area contributed by atoms with Gasteiger partial charge in [-0.2, -0.15) is 0 Å². The molecule has 0 bridgehead atoms. The molecule has 9 heteroatoms. The number of fused-ring (bicyclic) bond motifs is 1. The zero-order valence-electron chi connectivity index (χ0n) is 26.8. The normalized spacial score (nSPS) is 17.8. The second kappa shape index (κ2) is 11.6. The summed E-state index contributed by atoms with van der Waals surface area (Å²) in [6.07, 6.45) is 0.622. The van der Waals surface area contributed by atoms with Crippen molar-refractivity contribution in [2.75, 3.05) is 13.7 Å². The number of allylic oxidation sites excluding steroid dienone is 2. The molecule has 1 aliphatic carbocycles. The van der Waals surface area contributed by atoms with Crippen LogP contribution in [0, 0.1) is 17.9 Å². The van der Waals surface area contributed by atoms with Crippen molar-refractivity contribution in [2.24, 2.45) is 11.3 Å². The molecule has 1 unspecified atom stereocenters. The summed E-state index contributed by atoms with van der Waals surface area (Å²) < 4.78 is 25.6. The Bertz CT molecular complexity index is 1130. The standard InChI is InChI=1S/C30H51NO5Si3/c1-21(20-39(15,35-37(9,10)11)36-38(12,13)14)19-34-26-16-22-23(27(31-7)28(32)29(2,3)4)18-30(5,6)24(22)17-25(26)33-8/h16-17,21H,18-20H2,1-6,8-15H3/b27-23-. The van der Waals surface area contributed by atoms with Crippen molar-refractivity contribution in [3.05, 3.63) is 40.4 Å². The number of hydrogen-bond acceptors (Lipinski definition) is 5. The van der Waals surface area contributed by atoms with Crippen LogP contribution >= 0.6 is 0 Å². The molecule has 2 rings (SSSR count). The summed E-state index contributed by atoms with van der Waals surface area (Å²) in [7, 11) is -4.34. The maximum Gasteiger partial charge on any atom is 0.314 e. The highest BCUT2D eigenvalue weighted by Gasteiger charge is 2.42. The zero-order chi connectivity index (χ0) is 30.2. The molecule has 0 spiro atoms. The second-order valence-corrected chi connectivity index (χ2v) is 27.6. The van der Waals surface area contributed by atoms with E-state index in [1.165, 1.54) is 0 Å². The van der Waals surface area contributed by atoms with Crippen LogP contribution in [0.1, 0.15) is 59.1 Å². The predicted octanol–water partition coefficient (Wildman–Crippen LogP) is 8.41. The Hall–Kier alpha value is -1.71. The highest BCUT2D eigenvalue weighted by Crippen LogP contribution is 2.51. The van der Waals surface area contributed by atoms with E-state index >= 15 is 0 Å². The summed E-state index contributed by atoms with van der Waals surface area (Å²) in [4.78, 5) is 17.0. The first-order valence-electron chi connectivity index (χ1n) is 13.9. The smallest absolute Gasteiger partial charge is 0.314 e. The number of carbonyl (C=O) groups excluding carboxylic acids is 1. The van der Waals surface area contributed by atoms with Crippen LogP contribution in [0.5, 0.6) is 11.5 Å². The van der Waals surface area contributed by atoms with Crippen molar-refractivity contribution in [1.82, 2.24) is 0 Å². The summed E-state index contributed by atoms with van der Waals surface area (Å²) in [5.41, 5.74) is 2.16. The second-order valence-electron chi connectivity index (χ2n) is 14.8. The van der Waals surface area contributed by atoms with Gasteiger partial charge in [-0.1, -0.05) is 41.5 Å². The van der Waals surface area contributed by atoms with Crippen molar-refractivity contribution in [3.8, 4) is 11.5 Å². The highest BCUT2D eigenvalue weighted by molar-refractivity contribution is 6.87. The molecule has 0 saturated carbocycles. The molecule has 0 amide bonds. The van der Waals surface area contributed by atoms with Gasteiger partial charge in [0.25, 0.3) is 0 Å². The van der Waals surface area contributed by atoms with Crippen molar-refractivity contribution in [2.45, 2.75) is 105 Å². The fraction of sp³-hybridized carbons (Fsp3) is 0.667. The molecule has 6 nitrogen and oxygen atoms in total. The molecule has 0 radical (unpaired) electrons. The van der Waals surface area contributed by atoms with Gasteiger partial charge in [0.15, 0.2) is 33.9 Å². The minimum absolute atomic E-state index is 0.128. The van der Waals surface area contributed by atoms with Gasteiger partial charge in [-0.25, -0.2) is 4.85 Å². The maximum absolute atomic E-state index is 13.2. The lowest BCUT2D eigenvalue weighted by atomic mass is 9.85. The van der Waals surface area contributed by atoms with Gasteiger partial charge in [0.1, 0.15) is 0 Å². The number of carbonyl (C=O) groups is 1. The van der Waals surface area contributed by atoms with Crippen LogP contribution in [0.4, 0.5) is 0 Å². The zero-order valence-corrected chi connectivity index (χ0v) is 29.8. The fourth-order valence-electron chi connectivity index (χ4n) is 5.42. The number of benzene rings is 1. The first-order chi connectivity index (χ1) is 17.5. The molecule has 1 aromatic carbocycles. The van der Waals surface area contributed by atoms with Gasteiger partial charge >= 0.3 is 8.56 Å². The van der Waals surface area contributed by atoms with Gasteiger partial charge in [-0.05, 0) is 98.5 Å². The van der Waals surface area contributed by atoms with E-state index in [0.29, 0.717) is 24.5 Å². The Morgan fingerprint density at radius 3 is 2.00 bits per heavy atom. The van der Waals surface area contributed by atoms with E-state index in [4.69, 9.17) is 24.3 Å². The van der Waals surface area contributed by atoms with Gasteiger partial charge < -0.3 is 22.5 Å². The highest BCUT2D eigenvalue weighted by atomic mass is 28.5. The van der Waals surface area contributed by atoms with E-state index in [1.807, 2.05) is 32.9 Å². The molecular formula is C30H51NO5Si3. The summed E-state index contributed by atoms with van der Waals surface area (Å²) in [5.74, 6) is 1.38. The maximum atomic E-state index is 13.2. The lowest BCUT2D eigenvalue weighted by molar-refractivity contribution is -0.122. The minimum atomic E-state index is -2.41. The molecule has 0 fully saturated rings. The van der Waals surface area contributed by atoms with Crippen molar-refractivity contribution in [3.63, 3.8) is 0 Å². The molecule has 1 atom stereocenters. The van der Waals surface area contributed by atoms with Gasteiger partial charge in [0, 0.05) is 5.41 Å². The Kier molecular flexibility index (Phi) is 10.0. The van der Waals surface area contributed by atoms with Crippen LogP contribution in [0.2, 0.25) is 51.9 Å². The Labute approximate surface area is 240 Å². The van der Waals surface area contributed by atoms with Crippen LogP contribution in [-0.4, -0.2) is 44.7 Å². The van der Waals surface area contributed by atoms with Crippen LogP contribution < -0.4 is 9.47 Å². The molecule has 1 aliphatic rings. The summed E-state index contributed by atoms with van der Waals surface area (Å²) in [6.45, 7) is 35.9. The molecule has 0 aromatic heterocycles. The SMILES string of the molecule is [C-]#[N+]/C(C(=O)C(C)(C)C)=C1/CC(C)(C)c2cc(OC)c(OCC(C)C[Si](C)(O[Si](C)(C)C)O[Si](C)(C)C)cc21. The molecule has 0 heterocycles. The molecule has 39 heavy (non-hydrogen) atoms. The lowest BCUT2D eigenvalue weighted by Gasteiger charge is -2.39. The number of ketones is 1. The summed E-state index contributed by atoms with van der Waals surface area (Å²) in [5, 5.41) is 0. The molecule has 0 N–H and O–H groups in total. The van der Waals surface area contributed by atoms with Crippen LogP contribution in [0.15, 0.2) is 17.8 Å². The lowest BCUT2D eigenvalue weighted by Crippen LogP contribution is -2.53. The summed E-state index contributed by atoms with van der Waals surface area (Å²) >= 11 is 0.